The summed E-state index contributed by atoms with van der Waals surface area (Å²) in [5.41, 5.74) is 2.30. The van der Waals surface area contributed by atoms with Crippen molar-refractivity contribution in [2.75, 3.05) is 18.4 Å². The van der Waals surface area contributed by atoms with E-state index in [1.165, 1.54) is 6.07 Å². The van der Waals surface area contributed by atoms with Crippen LogP contribution in [0.2, 0.25) is 5.02 Å². The van der Waals surface area contributed by atoms with E-state index in [0.29, 0.717) is 23.6 Å². The van der Waals surface area contributed by atoms with Crippen LogP contribution in [0.25, 0.3) is 0 Å². The van der Waals surface area contributed by atoms with Gasteiger partial charge in [0.25, 0.3) is 0 Å². The fourth-order valence-electron chi connectivity index (χ4n) is 3.29. The molecule has 0 saturated carbocycles. The van der Waals surface area contributed by atoms with Crippen molar-refractivity contribution < 1.29 is 9.18 Å². The molecule has 1 N–H and O–H groups in total. The number of nitrogens with one attached hydrogen (secondary N) is 1. The molecule has 0 atom stereocenters. The minimum Gasteiger partial charge on any atom is -0.326 e. The van der Waals surface area contributed by atoms with Crippen LogP contribution < -0.4 is 5.32 Å². The summed E-state index contributed by atoms with van der Waals surface area (Å²) in [6, 6.07) is 14.2. The summed E-state index contributed by atoms with van der Waals surface area (Å²) in [4.78, 5) is 14.6. The zero-order chi connectivity index (χ0) is 19.2. The lowest BCUT2D eigenvalue weighted by Gasteiger charge is -2.31. The zero-order valence-corrected chi connectivity index (χ0v) is 15.7. The summed E-state index contributed by atoms with van der Waals surface area (Å²) in [5, 5.41) is 12.0. The lowest BCUT2D eigenvalue weighted by atomic mass is 9.95. The second-order valence-electron chi connectivity index (χ2n) is 6.81. The van der Waals surface area contributed by atoms with Crippen molar-refractivity contribution in [3.05, 3.63) is 64.4 Å². The molecule has 4 nitrogen and oxygen atoms in total. The number of halogens is 2. The number of anilines is 1. The molecule has 27 heavy (non-hydrogen) atoms. The standard InChI is InChI=1S/C21H21ClFN3O/c22-18-4-3-17(20(23)13-18)14-26-11-8-16(9-12-26)21(27)25-19-5-1-15(2-6-19)7-10-24/h1-6,13,16H,7-9,11-12,14H2,(H,25,27). The molecule has 3 rings (SSSR count). The van der Waals surface area contributed by atoms with Gasteiger partial charge in [-0.15, -0.1) is 0 Å². The third kappa shape index (κ3) is 5.29. The molecule has 140 valence electrons. The normalized spacial score (nSPS) is 15.3. The molecule has 0 aliphatic carbocycles. The molecule has 2 aromatic rings. The first-order valence-corrected chi connectivity index (χ1v) is 9.36. The number of carbonyl (C=O) groups is 1. The monoisotopic (exact) mass is 385 g/mol. The third-order valence-corrected chi connectivity index (χ3v) is 5.11. The van der Waals surface area contributed by atoms with E-state index in [1.54, 1.807) is 12.1 Å². The number of nitrogens with zero attached hydrogens (tertiary/aromatic N) is 2. The summed E-state index contributed by atoms with van der Waals surface area (Å²) in [6.45, 7) is 2.03. The average molecular weight is 386 g/mol. The molecule has 1 fully saturated rings. The van der Waals surface area contributed by atoms with E-state index in [1.807, 2.05) is 24.3 Å². The number of piperidine rings is 1. The number of carbonyl (C=O) groups excluding carboxylic acids is 1. The number of hydrogen-bond acceptors (Lipinski definition) is 3. The Kier molecular flexibility index (Phi) is 6.44. The smallest absolute Gasteiger partial charge is 0.227 e. The number of hydrogen-bond donors (Lipinski definition) is 1. The Morgan fingerprint density at radius 1 is 1.22 bits per heavy atom. The van der Waals surface area contributed by atoms with Gasteiger partial charge in [-0.05, 0) is 55.8 Å². The fourth-order valence-corrected chi connectivity index (χ4v) is 3.44. The summed E-state index contributed by atoms with van der Waals surface area (Å²) in [5.74, 6) is -0.322. The van der Waals surface area contributed by atoms with Crippen LogP contribution in [0.4, 0.5) is 10.1 Å². The Morgan fingerprint density at radius 3 is 2.56 bits per heavy atom. The Hall–Kier alpha value is -2.42. The predicted octanol–water partition coefficient (Wildman–Crippen LogP) is 4.40. The van der Waals surface area contributed by atoms with Gasteiger partial charge in [-0.2, -0.15) is 5.26 Å². The Labute approximate surface area is 163 Å². The molecule has 1 amide bonds. The van der Waals surface area contributed by atoms with Crippen LogP contribution in [0.5, 0.6) is 0 Å². The third-order valence-electron chi connectivity index (χ3n) is 4.87. The van der Waals surface area contributed by atoms with Gasteiger partial charge in [-0.25, -0.2) is 4.39 Å². The van der Waals surface area contributed by atoms with E-state index in [2.05, 4.69) is 16.3 Å². The van der Waals surface area contributed by atoms with E-state index in [-0.39, 0.29) is 17.6 Å². The topological polar surface area (TPSA) is 56.1 Å². The maximum Gasteiger partial charge on any atom is 0.227 e. The quantitative estimate of drug-likeness (QED) is 0.830. The molecule has 0 unspecified atom stereocenters. The highest BCUT2D eigenvalue weighted by molar-refractivity contribution is 6.30. The van der Waals surface area contributed by atoms with Crippen LogP contribution >= 0.6 is 11.6 Å². The largest absolute Gasteiger partial charge is 0.326 e. The van der Waals surface area contributed by atoms with E-state index in [4.69, 9.17) is 16.9 Å². The average Bonchev–Trinajstić information content (AvgIpc) is 2.66. The first-order valence-electron chi connectivity index (χ1n) is 8.98. The number of rotatable bonds is 5. The second kappa shape index (κ2) is 8.98. The minimum atomic E-state index is -0.290. The lowest BCUT2D eigenvalue weighted by Crippen LogP contribution is -2.37. The molecule has 1 aliphatic rings. The summed E-state index contributed by atoms with van der Waals surface area (Å²) in [7, 11) is 0. The Morgan fingerprint density at radius 2 is 1.93 bits per heavy atom. The van der Waals surface area contributed by atoms with E-state index >= 15 is 0 Å². The van der Waals surface area contributed by atoms with E-state index in [9.17, 15) is 9.18 Å². The second-order valence-corrected chi connectivity index (χ2v) is 7.24. The lowest BCUT2D eigenvalue weighted by molar-refractivity contribution is -0.121. The van der Waals surface area contributed by atoms with Gasteiger partial charge in [0.05, 0.1) is 12.5 Å². The Balaban J connectivity index is 1.49. The van der Waals surface area contributed by atoms with Gasteiger partial charge >= 0.3 is 0 Å². The van der Waals surface area contributed by atoms with Crippen molar-refractivity contribution in [1.29, 1.82) is 5.26 Å². The summed E-state index contributed by atoms with van der Waals surface area (Å²) >= 11 is 5.79. The fraction of sp³-hybridized carbons (Fsp3) is 0.333. The maximum absolute atomic E-state index is 13.9. The van der Waals surface area contributed by atoms with Gasteiger partial charge in [0, 0.05) is 28.7 Å². The molecular formula is C21H21ClFN3O. The molecule has 1 aliphatic heterocycles. The highest BCUT2D eigenvalue weighted by Gasteiger charge is 2.25. The van der Waals surface area contributed by atoms with Crippen LogP contribution in [0.1, 0.15) is 24.0 Å². The molecule has 1 saturated heterocycles. The van der Waals surface area contributed by atoms with Gasteiger partial charge in [0.15, 0.2) is 0 Å². The first-order chi connectivity index (χ1) is 13.0. The van der Waals surface area contributed by atoms with Crippen LogP contribution in [-0.4, -0.2) is 23.9 Å². The van der Waals surface area contributed by atoms with E-state index < -0.39 is 0 Å². The number of amides is 1. The number of likely N-dealkylation sites (tertiary alicyclic amines) is 1. The van der Waals surface area contributed by atoms with Crippen molar-refractivity contribution >= 4 is 23.2 Å². The van der Waals surface area contributed by atoms with Crippen molar-refractivity contribution in [2.45, 2.75) is 25.8 Å². The van der Waals surface area contributed by atoms with Gasteiger partial charge < -0.3 is 5.32 Å². The Bertz CT molecular complexity index is 839. The van der Waals surface area contributed by atoms with Crippen LogP contribution in [-0.2, 0) is 17.8 Å². The molecular weight excluding hydrogens is 365 g/mol. The van der Waals surface area contributed by atoms with Crippen molar-refractivity contribution in [1.82, 2.24) is 4.90 Å². The molecule has 0 bridgehead atoms. The highest BCUT2D eigenvalue weighted by atomic mass is 35.5. The minimum absolute atomic E-state index is 0.0142. The molecule has 2 aromatic carbocycles. The van der Waals surface area contributed by atoms with E-state index in [0.717, 1.165) is 37.2 Å². The number of benzene rings is 2. The van der Waals surface area contributed by atoms with Crippen LogP contribution in [0, 0.1) is 23.1 Å². The molecule has 0 spiro atoms. The molecule has 6 heteroatoms. The summed E-state index contributed by atoms with van der Waals surface area (Å²) < 4.78 is 13.9. The zero-order valence-electron chi connectivity index (χ0n) is 14.9. The molecule has 1 heterocycles. The van der Waals surface area contributed by atoms with Crippen LogP contribution in [0.15, 0.2) is 42.5 Å². The number of nitriles is 1. The van der Waals surface area contributed by atoms with Crippen molar-refractivity contribution in [3.8, 4) is 6.07 Å². The van der Waals surface area contributed by atoms with Gasteiger partial charge in [-0.3, -0.25) is 9.69 Å². The van der Waals surface area contributed by atoms with Gasteiger partial charge in [-0.1, -0.05) is 29.8 Å². The SMILES string of the molecule is N#CCc1ccc(NC(=O)C2CCN(Cc3ccc(Cl)cc3F)CC2)cc1. The predicted molar refractivity (Wildman–Crippen MR) is 104 cm³/mol. The summed E-state index contributed by atoms with van der Waals surface area (Å²) in [6.07, 6.45) is 1.85. The van der Waals surface area contributed by atoms with Gasteiger partial charge in [0.1, 0.15) is 5.82 Å². The van der Waals surface area contributed by atoms with Gasteiger partial charge in [0.2, 0.25) is 5.91 Å². The van der Waals surface area contributed by atoms with Crippen LogP contribution in [0.3, 0.4) is 0 Å². The van der Waals surface area contributed by atoms with Crippen molar-refractivity contribution in [2.24, 2.45) is 5.92 Å². The molecule has 0 radical (unpaired) electrons. The van der Waals surface area contributed by atoms with Crippen molar-refractivity contribution in [3.63, 3.8) is 0 Å². The molecule has 0 aromatic heterocycles. The maximum atomic E-state index is 13.9. The first kappa shape index (κ1) is 19.3. The highest BCUT2D eigenvalue weighted by Crippen LogP contribution is 2.23.